The third-order valence-electron chi connectivity index (χ3n) is 5.32. The van der Waals surface area contributed by atoms with E-state index in [0.29, 0.717) is 11.6 Å². The maximum absolute atomic E-state index is 11.3. The number of nitrogens with zero attached hydrogens (tertiary/aromatic N) is 1. The number of benzene rings is 2. The lowest BCUT2D eigenvalue weighted by Crippen LogP contribution is -2.09. The van der Waals surface area contributed by atoms with Crippen molar-refractivity contribution in [3.05, 3.63) is 95.5 Å². The van der Waals surface area contributed by atoms with Crippen LogP contribution in [0.4, 0.5) is 5.69 Å². The number of hydrogen-bond acceptors (Lipinski definition) is 4. The first kappa shape index (κ1) is 20.2. The van der Waals surface area contributed by atoms with Gasteiger partial charge in [0, 0.05) is 21.9 Å². The van der Waals surface area contributed by atoms with E-state index < -0.39 is 5.97 Å². The van der Waals surface area contributed by atoms with Crippen molar-refractivity contribution in [2.24, 2.45) is 0 Å². The molecule has 1 unspecified atom stereocenters. The van der Waals surface area contributed by atoms with Crippen LogP contribution in [0.25, 0.3) is 0 Å². The number of carbonyl (C=O) groups is 1. The molecule has 152 valence electrons. The largest absolute Gasteiger partial charge is 0.478 e. The fraction of sp³-hybridized carbons (Fsp3) is 0.200. The molecule has 4 nitrogen and oxygen atoms in total. The molecule has 0 saturated heterocycles. The number of nitrogens with one attached hydrogen (secondary N) is 1. The molecular weight excluding hydrogens is 392 g/mol. The summed E-state index contributed by atoms with van der Waals surface area (Å²) in [7, 11) is 0. The van der Waals surface area contributed by atoms with Crippen LogP contribution in [0, 0.1) is 6.92 Å². The van der Waals surface area contributed by atoms with Crippen molar-refractivity contribution in [2.45, 2.75) is 41.9 Å². The van der Waals surface area contributed by atoms with Crippen molar-refractivity contribution in [3.63, 3.8) is 0 Å². The van der Waals surface area contributed by atoms with Gasteiger partial charge < -0.3 is 10.4 Å². The van der Waals surface area contributed by atoms with Gasteiger partial charge in [-0.3, -0.25) is 4.98 Å². The van der Waals surface area contributed by atoms with E-state index in [0.717, 1.165) is 19.3 Å². The third-order valence-corrected chi connectivity index (χ3v) is 6.30. The smallest absolute Gasteiger partial charge is 0.337 e. The number of carboxylic acids is 1. The topological polar surface area (TPSA) is 62.2 Å². The first-order chi connectivity index (χ1) is 14.6. The third kappa shape index (κ3) is 4.74. The number of pyridine rings is 1. The normalized spacial score (nSPS) is 15.7. The summed E-state index contributed by atoms with van der Waals surface area (Å²) >= 11 is 1.80. The quantitative estimate of drug-likeness (QED) is 0.495. The molecule has 2 aromatic carbocycles. The summed E-state index contributed by atoms with van der Waals surface area (Å²) < 4.78 is 0. The van der Waals surface area contributed by atoms with Crippen molar-refractivity contribution in [3.8, 4) is 0 Å². The first-order valence-corrected chi connectivity index (χ1v) is 10.9. The van der Waals surface area contributed by atoms with E-state index in [-0.39, 0.29) is 5.56 Å². The molecule has 1 aliphatic rings. The minimum atomic E-state index is -0.963. The fourth-order valence-corrected chi connectivity index (χ4v) is 4.86. The molecule has 0 bridgehead atoms. The summed E-state index contributed by atoms with van der Waals surface area (Å²) in [6.07, 6.45) is 10.3. The van der Waals surface area contributed by atoms with Crippen LogP contribution in [0.3, 0.4) is 0 Å². The number of fused-ring (bicyclic) bond motifs is 1. The lowest BCUT2D eigenvalue weighted by atomic mass is 9.83. The van der Waals surface area contributed by atoms with Crippen LogP contribution in [0.1, 0.15) is 45.8 Å². The highest BCUT2D eigenvalue weighted by Gasteiger charge is 2.18. The number of aromatic carboxylic acids is 1. The molecule has 0 radical (unpaired) electrons. The number of carboxylic acid groups (broad SMARTS) is 1. The first-order valence-electron chi connectivity index (χ1n) is 10.1. The Kier molecular flexibility index (Phi) is 6.19. The summed E-state index contributed by atoms with van der Waals surface area (Å²) in [5.41, 5.74) is 4.76. The molecule has 0 amide bonds. The van der Waals surface area contributed by atoms with E-state index in [9.17, 15) is 9.90 Å². The van der Waals surface area contributed by atoms with E-state index in [1.54, 1.807) is 11.8 Å². The Morgan fingerprint density at radius 2 is 2.07 bits per heavy atom. The van der Waals surface area contributed by atoms with Crippen LogP contribution in [-0.4, -0.2) is 16.1 Å². The Morgan fingerprint density at radius 1 is 1.20 bits per heavy atom. The van der Waals surface area contributed by atoms with Crippen LogP contribution < -0.4 is 5.32 Å². The number of aromatic nitrogens is 1. The lowest BCUT2D eigenvalue weighted by molar-refractivity contribution is 0.0698. The van der Waals surface area contributed by atoms with Gasteiger partial charge in [0.2, 0.25) is 0 Å². The molecule has 1 heterocycles. The van der Waals surface area contributed by atoms with E-state index >= 15 is 0 Å². The van der Waals surface area contributed by atoms with Gasteiger partial charge in [-0.15, -0.1) is 0 Å². The minimum absolute atomic E-state index is 0.219. The molecule has 4 rings (SSSR count). The molecule has 0 saturated carbocycles. The van der Waals surface area contributed by atoms with E-state index in [4.69, 9.17) is 0 Å². The number of aryl methyl sites for hydroxylation is 2. The molecule has 30 heavy (non-hydrogen) atoms. The van der Waals surface area contributed by atoms with Crippen LogP contribution in [0.15, 0.2) is 83.0 Å². The Bertz CT molecular complexity index is 1090. The molecule has 1 atom stereocenters. The average Bonchev–Trinajstić information content (AvgIpc) is 2.74. The molecule has 2 N–H and O–H groups in total. The summed E-state index contributed by atoms with van der Waals surface area (Å²) in [4.78, 5) is 17.9. The van der Waals surface area contributed by atoms with Gasteiger partial charge in [0.1, 0.15) is 0 Å². The monoisotopic (exact) mass is 416 g/mol. The SMILES string of the molecule is Cc1cccc(Sc2ccc3c(c2)CCCC3/C=C/Nc2cnccc2C(=O)O)c1. The fourth-order valence-electron chi connectivity index (χ4n) is 3.86. The maximum atomic E-state index is 11.3. The van der Waals surface area contributed by atoms with E-state index in [1.807, 2.05) is 6.20 Å². The maximum Gasteiger partial charge on any atom is 0.337 e. The van der Waals surface area contributed by atoms with Gasteiger partial charge in [-0.2, -0.15) is 0 Å². The Labute approximate surface area is 181 Å². The second-order valence-electron chi connectivity index (χ2n) is 7.51. The predicted octanol–water partition coefficient (Wildman–Crippen LogP) is 6.29. The highest BCUT2D eigenvalue weighted by atomic mass is 32.2. The van der Waals surface area contributed by atoms with Gasteiger partial charge >= 0.3 is 5.97 Å². The predicted molar refractivity (Wildman–Crippen MR) is 121 cm³/mol. The molecule has 0 fully saturated rings. The van der Waals surface area contributed by atoms with Gasteiger partial charge in [0.05, 0.1) is 17.4 Å². The molecule has 3 aromatic rings. The average molecular weight is 417 g/mol. The zero-order valence-corrected chi connectivity index (χ0v) is 17.7. The Morgan fingerprint density at radius 3 is 2.90 bits per heavy atom. The second-order valence-corrected chi connectivity index (χ2v) is 8.65. The van der Waals surface area contributed by atoms with Crippen molar-refractivity contribution in [1.82, 2.24) is 4.98 Å². The summed E-state index contributed by atoms with van der Waals surface area (Å²) in [6.45, 7) is 2.12. The molecule has 1 aliphatic carbocycles. The van der Waals surface area contributed by atoms with Gasteiger partial charge in [0.25, 0.3) is 0 Å². The number of anilines is 1. The zero-order chi connectivity index (χ0) is 20.9. The van der Waals surface area contributed by atoms with Crippen molar-refractivity contribution < 1.29 is 9.90 Å². The van der Waals surface area contributed by atoms with Gasteiger partial charge in [-0.25, -0.2) is 4.79 Å². The van der Waals surface area contributed by atoms with Crippen molar-refractivity contribution >= 4 is 23.4 Å². The number of allylic oxidation sites excluding steroid dienone is 1. The summed E-state index contributed by atoms with van der Waals surface area (Å²) in [5, 5.41) is 12.4. The van der Waals surface area contributed by atoms with E-state index in [1.165, 1.54) is 44.9 Å². The molecular formula is C25H24N2O2S. The highest BCUT2D eigenvalue weighted by Crippen LogP contribution is 2.37. The van der Waals surface area contributed by atoms with Crippen LogP contribution in [0.2, 0.25) is 0 Å². The Balaban J connectivity index is 1.49. The molecule has 1 aromatic heterocycles. The zero-order valence-electron chi connectivity index (χ0n) is 16.8. The number of hydrogen-bond donors (Lipinski definition) is 2. The second kappa shape index (κ2) is 9.18. The standard InChI is InChI=1S/C25H24N2O2S/c1-17-4-2-7-20(14-17)30-21-8-9-22-18(5-3-6-19(22)15-21)10-13-27-24-16-26-12-11-23(24)25(28)29/h2,4,7-16,18,27H,3,5-6H2,1H3,(H,28,29)/b13-10+. The lowest BCUT2D eigenvalue weighted by Gasteiger charge is -2.23. The van der Waals surface area contributed by atoms with Crippen LogP contribution in [0.5, 0.6) is 0 Å². The summed E-state index contributed by atoms with van der Waals surface area (Å²) in [5.74, 6) is -0.640. The van der Waals surface area contributed by atoms with Gasteiger partial charge in [-0.1, -0.05) is 41.6 Å². The van der Waals surface area contributed by atoms with Crippen LogP contribution in [-0.2, 0) is 6.42 Å². The van der Waals surface area contributed by atoms with Crippen molar-refractivity contribution in [1.29, 1.82) is 0 Å². The van der Waals surface area contributed by atoms with Gasteiger partial charge in [0.15, 0.2) is 0 Å². The highest BCUT2D eigenvalue weighted by molar-refractivity contribution is 7.99. The van der Waals surface area contributed by atoms with Crippen LogP contribution >= 0.6 is 11.8 Å². The number of rotatable bonds is 6. The molecule has 5 heteroatoms. The van der Waals surface area contributed by atoms with Crippen molar-refractivity contribution in [2.75, 3.05) is 5.32 Å². The van der Waals surface area contributed by atoms with E-state index in [2.05, 4.69) is 65.8 Å². The summed E-state index contributed by atoms with van der Waals surface area (Å²) in [6, 6.07) is 16.8. The minimum Gasteiger partial charge on any atom is -0.478 e. The van der Waals surface area contributed by atoms with Gasteiger partial charge in [-0.05, 0) is 73.8 Å². The molecule has 0 spiro atoms. The Hall–Kier alpha value is -3.05. The molecule has 0 aliphatic heterocycles.